The van der Waals surface area contributed by atoms with Gasteiger partial charge in [0.25, 0.3) is 0 Å². The molecule has 0 radical (unpaired) electrons. The van der Waals surface area contributed by atoms with Crippen molar-refractivity contribution in [3.8, 4) is 5.69 Å². The maximum atomic E-state index is 12.4. The van der Waals surface area contributed by atoms with Crippen LogP contribution in [-0.2, 0) is 11.2 Å². The number of rotatable bonds is 5. The van der Waals surface area contributed by atoms with Crippen LogP contribution in [0.15, 0.2) is 30.3 Å². The summed E-state index contributed by atoms with van der Waals surface area (Å²) < 4.78 is 1.92. The van der Waals surface area contributed by atoms with Gasteiger partial charge in [-0.25, -0.2) is 14.6 Å². The Morgan fingerprint density at radius 2 is 1.81 bits per heavy atom. The molecule has 0 aliphatic carbocycles. The van der Waals surface area contributed by atoms with E-state index in [1.54, 1.807) is 6.92 Å². The van der Waals surface area contributed by atoms with E-state index >= 15 is 0 Å². The third kappa shape index (κ3) is 4.58. The number of halogens is 1. The Kier molecular flexibility index (Phi) is 6.65. The van der Waals surface area contributed by atoms with E-state index in [1.807, 2.05) is 46.8 Å². The average molecular weight is 455 g/mol. The lowest BCUT2D eigenvalue weighted by Crippen LogP contribution is -2.38. The number of anilines is 1. The van der Waals surface area contributed by atoms with Crippen LogP contribution in [0.4, 0.5) is 5.82 Å². The second-order valence-corrected chi connectivity index (χ2v) is 9.53. The standard InChI is InChI=1S/C24H31ClN6O/c1-16(2)15-20-26-22(29-11-8-12-30(14-13-29)24(32)17(3)25)21-18(4)28-31(23(21)27-20)19-9-6-5-7-10-19/h5-7,9-10,16-17H,8,11-15H2,1-4H3/t17-/m1/s1. The van der Waals surface area contributed by atoms with Gasteiger partial charge >= 0.3 is 0 Å². The van der Waals surface area contributed by atoms with Gasteiger partial charge in [0.05, 0.1) is 16.8 Å². The first-order chi connectivity index (χ1) is 15.3. The summed E-state index contributed by atoms with van der Waals surface area (Å²) >= 11 is 6.06. The maximum Gasteiger partial charge on any atom is 0.240 e. The number of benzene rings is 1. The van der Waals surface area contributed by atoms with Gasteiger partial charge in [0.1, 0.15) is 17.0 Å². The van der Waals surface area contributed by atoms with E-state index in [-0.39, 0.29) is 5.91 Å². The molecule has 170 valence electrons. The molecule has 0 saturated carbocycles. The van der Waals surface area contributed by atoms with Crippen molar-refractivity contribution in [2.75, 3.05) is 31.1 Å². The molecular weight excluding hydrogens is 424 g/mol. The minimum absolute atomic E-state index is 0.00470. The molecule has 8 heteroatoms. The Balaban J connectivity index is 1.78. The summed E-state index contributed by atoms with van der Waals surface area (Å²) in [5, 5.41) is 5.31. The van der Waals surface area contributed by atoms with E-state index in [0.29, 0.717) is 25.6 Å². The highest BCUT2D eigenvalue weighted by molar-refractivity contribution is 6.30. The van der Waals surface area contributed by atoms with Crippen LogP contribution in [0.1, 0.15) is 38.7 Å². The third-order valence-electron chi connectivity index (χ3n) is 5.77. The molecule has 2 aromatic heterocycles. The zero-order chi connectivity index (χ0) is 22.8. The third-order valence-corrected chi connectivity index (χ3v) is 5.96. The number of carbonyl (C=O) groups excluding carboxylic acids is 1. The largest absolute Gasteiger partial charge is 0.354 e. The fourth-order valence-corrected chi connectivity index (χ4v) is 4.38. The van der Waals surface area contributed by atoms with Gasteiger partial charge in [-0.05, 0) is 38.3 Å². The molecule has 0 N–H and O–H groups in total. The molecule has 0 spiro atoms. The van der Waals surface area contributed by atoms with Gasteiger partial charge in [0.15, 0.2) is 5.65 Å². The zero-order valence-electron chi connectivity index (χ0n) is 19.3. The van der Waals surface area contributed by atoms with Crippen molar-refractivity contribution in [2.45, 2.75) is 45.9 Å². The lowest BCUT2D eigenvalue weighted by molar-refractivity contribution is -0.130. The Labute approximate surface area is 194 Å². The second kappa shape index (κ2) is 9.45. The normalized spacial score (nSPS) is 15.9. The van der Waals surface area contributed by atoms with Crippen LogP contribution in [0.5, 0.6) is 0 Å². The number of alkyl halides is 1. The van der Waals surface area contributed by atoms with Crippen LogP contribution in [-0.4, -0.2) is 62.1 Å². The van der Waals surface area contributed by atoms with Crippen LogP contribution < -0.4 is 4.90 Å². The number of hydrogen-bond acceptors (Lipinski definition) is 5. The summed E-state index contributed by atoms with van der Waals surface area (Å²) in [7, 11) is 0. The van der Waals surface area contributed by atoms with Crippen LogP contribution >= 0.6 is 11.6 Å². The predicted octanol–water partition coefficient (Wildman–Crippen LogP) is 3.99. The Hall–Kier alpha value is -2.67. The van der Waals surface area contributed by atoms with Gasteiger partial charge in [-0.3, -0.25) is 4.79 Å². The number of amides is 1. The number of para-hydroxylation sites is 1. The van der Waals surface area contributed by atoms with E-state index in [2.05, 4.69) is 18.7 Å². The highest BCUT2D eigenvalue weighted by atomic mass is 35.5. The Morgan fingerprint density at radius 3 is 2.50 bits per heavy atom. The van der Waals surface area contributed by atoms with Gasteiger partial charge in [-0.2, -0.15) is 5.10 Å². The lowest BCUT2D eigenvalue weighted by Gasteiger charge is -2.24. The molecule has 1 saturated heterocycles. The Morgan fingerprint density at radius 1 is 1.06 bits per heavy atom. The molecule has 3 aromatic rings. The summed E-state index contributed by atoms with van der Waals surface area (Å²) in [6.45, 7) is 11.0. The van der Waals surface area contributed by atoms with Crippen molar-refractivity contribution in [3.05, 3.63) is 41.9 Å². The van der Waals surface area contributed by atoms with Crippen molar-refractivity contribution < 1.29 is 4.79 Å². The highest BCUT2D eigenvalue weighted by Gasteiger charge is 2.26. The molecular formula is C24H31ClN6O. The van der Waals surface area contributed by atoms with Gasteiger partial charge in [-0.15, -0.1) is 11.6 Å². The summed E-state index contributed by atoms with van der Waals surface area (Å²) in [5.41, 5.74) is 2.72. The minimum atomic E-state index is -0.503. The van der Waals surface area contributed by atoms with Crippen molar-refractivity contribution in [2.24, 2.45) is 5.92 Å². The molecule has 4 rings (SSSR count). The molecule has 1 aliphatic heterocycles. The summed E-state index contributed by atoms with van der Waals surface area (Å²) in [6, 6.07) is 10.1. The molecule has 32 heavy (non-hydrogen) atoms. The number of aryl methyl sites for hydroxylation is 1. The maximum absolute atomic E-state index is 12.4. The lowest BCUT2D eigenvalue weighted by atomic mass is 10.1. The molecule has 1 fully saturated rings. The van der Waals surface area contributed by atoms with Crippen LogP contribution in [0.2, 0.25) is 0 Å². The number of hydrogen-bond donors (Lipinski definition) is 0. The van der Waals surface area contributed by atoms with Crippen molar-refractivity contribution in [3.63, 3.8) is 0 Å². The van der Waals surface area contributed by atoms with E-state index in [0.717, 1.165) is 53.4 Å². The van der Waals surface area contributed by atoms with Gasteiger partial charge in [0.2, 0.25) is 5.91 Å². The first-order valence-corrected chi connectivity index (χ1v) is 11.8. The van der Waals surface area contributed by atoms with E-state index in [1.165, 1.54) is 0 Å². The summed E-state index contributed by atoms with van der Waals surface area (Å²) in [5.74, 6) is 2.18. The predicted molar refractivity (Wildman–Crippen MR) is 129 cm³/mol. The molecule has 1 aromatic carbocycles. The van der Waals surface area contributed by atoms with Crippen molar-refractivity contribution in [1.29, 1.82) is 0 Å². The molecule has 0 unspecified atom stereocenters. The van der Waals surface area contributed by atoms with Crippen molar-refractivity contribution >= 4 is 34.4 Å². The fourth-order valence-electron chi connectivity index (χ4n) is 4.24. The topological polar surface area (TPSA) is 67.2 Å². The SMILES string of the molecule is Cc1nn(-c2ccccc2)c2nc(CC(C)C)nc(N3CCCN(C(=O)[C@@H](C)Cl)CC3)c12. The number of carbonyl (C=O) groups is 1. The molecule has 1 amide bonds. The first kappa shape index (κ1) is 22.5. The number of fused-ring (bicyclic) bond motifs is 1. The van der Waals surface area contributed by atoms with Crippen LogP contribution in [0.25, 0.3) is 16.7 Å². The summed E-state index contributed by atoms with van der Waals surface area (Å²) in [6.07, 6.45) is 1.66. The highest BCUT2D eigenvalue weighted by Crippen LogP contribution is 2.30. The van der Waals surface area contributed by atoms with Crippen LogP contribution in [0, 0.1) is 12.8 Å². The van der Waals surface area contributed by atoms with E-state index in [4.69, 9.17) is 26.7 Å². The smallest absolute Gasteiger partial charge is 0.240 e. The van der Waals surface area contributed by atoms with E-state index in [9.17, 15) is 4.79 Å². The monoisotopic (exact) mass is 454 g/mol. The second-order valence-electron chi connectivity index (χ2n) is 8.87. The number of nitrogens with zero attached hydrogens (tertiary/aromatic N) is 6. The molecule has 3 heterocycles. The summed E-state index contributed by atoms with van der Waals surface area (Å²) in [4.78, 5) is 26.5. The molecule has 1 aliphatic rings. The fraction of sp³-hybridized carbons (Fsp3) is 0.500. The average Bonchev–Trinajstić information content (AvgIpc) is 2.94. The Bertz CT molecular complexity index is 1090. The quantitative estimate of drug-likeness (QED) is 0.545. The molecule has 7 nitrogen and oxygen atoms in total. The van der Waals surface area contributed by atoms with E-state index < -0.39 is 5.38 Å². The van der Waals surface area contributed by atoms with Gasteiger partial charge in [-0.1, -0.05) is 32.0 Å². The molecule has 0 bridgehead atoms. The minimum Gasteiger partial charge on any atom is -0.354 e. The van der Waals surface area contributed by atoms with Crippen molar-refractivity contribution in [1.82, 2.24) is 24.6 Å². The first-order valence-electron chi connectivity index (χ1n) is 11.3. The van der Waals surface area contributed by atoms with Crippen LogP contribution in [0.3, 0.4) is 0 Å². The number of aromatic nitrogens is 4. The van der Waals surface area contributed by atoms with Gasteiger partial charge < -0.3 is 9.80 Å². The van der Waals surface area contributed by atoms with Gasteiger partial charge in [0, 0.05) is 32.6 Å². The molecule has 1 atom stereocenters. The zero-order valence-corrected chi connectivity index (χ0v) is 20.0.